The van der Waals surface area contributed by atoms with Crippen molar-refractivity contribution in [2.45, 2.75) is 51.6 Å². The number of rotatable bonds is 6. The van der Waals surface area contributed by atoms with Crippen molar-refractivity contribution in [2.24, 2.45) is 5.92 Å². The van der Waals surface area contributed by atoms with Gasteiger partial charge in [-0.1, -0.05) is 25.0 Å². The SMILES string of the molecule is CC(Cc1ccc(F)cc1)NC(C)CC1CC1. The van der Waals surface area contributed by atoms with Crippen molar-refractivity contribution in [2.75, 3.05) is 0 Å². The van der Waals surface area contributed by atoms with Crippen LogP contribution in [0.15, 0.2) is 24.3 Å². The first kappa shape index (κ1) is 12.6. The average Bonchev–Trinajstić information content (AvgIpc) is 3.05. The summed E-state index contributed by atoms with van der Waals surface area (Å²) in [5.74, 6) is 0.812. The summed E-state index contributed by atoms with van der Waals surface area (Å²) in [5, 5.41) is 3.62. The maximum absolute atomic E-state index is 12.8. The van der Waals surface area contributed by atoms with Gasteiger partial charge in [-0.25, -0.2) is 4.39 Å². The van der Waals surface area contributed by atoms with Crippen LogP contribution in [0.1, 0.15) is 38.7 Å². The highest BCUT2D eigenvalue weighted by Crippen LogP contribution is 2.33. The molecule has 0 saturated heterocycles. The third-order valence-corrected chi connectivity index (χ3v) is 3.41. The Balaban J connectivity index is 1.75. The van der Waals surface area contributed by atoms with E-state index in [4.69, 9.17) is 0 Å². The second-order valence-corrected chi connectivity index (χ2v) is 5.48. The molecule has 2 heteroatoms. The van der Waals surface area contributed by atoms with E-state index >= 15 is 0 Å². The summed E-state index contributed by atoms with van der Waals surface area (Å²) in [6, 6.07) is 7.87. The van der Waals surface area contributed by atoms with Crippen molar-refractivity contribution in [3.05, 3.63) is 35.6 Å². The molecule has 1 aromatic rings. The maximum atomic E-state index is 12.8. The summed E-state index contributed by atoms with van der Waals surface area (Å²) in [6.45, 7) is 4.46. The van der Waals surface area contributed by atoms with Crippen molar-refractivity contribution < 1.29 is 4.39 Å². The second-order valence-electron chi connectivity index (χ2n) is 5.48. The fourth-order valence-electron chi connectivity index (χ4n) is 2.44. The summed E-state index contributed by atoms with van der Waals surface area (Å²) in [4.78, 5) is 0. The Morgan fingerprint density at radius 1 is 1.18 bits per heavy atom. The van der Waals surface area contributed by atoms with Crippen molar-refractivity contribution in [3.8, 4) is 0 Å². The Morgan fingerprint density at radius 2 is 1.82 bits per heavy atom. The van der Waals surface area contributed by atoms with Crippen molar-refractivity contribution in [3.63, 3.8) is 0 Å². The molecule has 1 aliphatic rings. The molecule has 2 unspecified atom stereocenters. The van der Waals surface area contributed by atoms with E-state index in [1.54, 1.807) is 0 Å². The predicted octanol–water partition coefficient (Wildman–Crippen LogP) is 3.53. The molecule has 2 atom stereocenters. The van der Waals surface area contributed by atoms with E-state index in [0.717, 1.165) is 12.3 Å². The molecule has 0 bridgehead atoms. The zero-order chi connectivity index (χ0) is 12.3. The van der Waals surface area contributed by atoms with Gasteiger partial charge in [-0.2, -0.15) is 0 Å². The lowest BCUT2D eigenvalue weighted by molar-refractivity contribution is 0.428. The van der Waals surface area contributed by atoms with Crippen LogP contribution in [0.5, 0.6) is 0 Å². The van der Waals surface area contributed by atoms with Gasteiger partial charge in [0.1, 0.15) is 5.82 Å². The van der Waals surface area contributed by atoms with E-state index in [1.165, 1.54) is 37.0 Å². The summed E-state index contributed by atoms with van der Waals surface area (Å²) >= 11 is 0. The van der Waals surface area contributed by atoms with E-state index in [0.29, 0.717) is 12.1 Å². The first-order chi connectivity index (χ1) is 8.13. The van der Waals surface area contributed by atoms with Gasteiger partial charge in [0.25, 0.3) is 0 Å². The number of nitrogens with one attached hydrogen (secondary N) is 1. The van der Waals surface area contributed by atoms with Crippen molar-refractivity contribution in [1.29, 1.82) is 0 Å². The minimum absolute atomic E-state index is 0.156. The average molecular weight is 235 g/mol. The van der Waals surface area contributed by atoms with Crippen LogP contribution < -0.4 is 5.32 Å². The molecule has 1 aromatic carbocycles. The predicted molar refractivity (Wildman–Crippen MR) is 69.5 cm³/mol. The highest BCUT2D eigenvalue weighted by atomic mass is 19.1. The molecule has 1 aliphatic carbocycles. The molecular formula is C15H22FN. The van der Waals surface area contributed by atoms with Gasteiger partial charge in [-0.15, -0.1) is 0 Å². The first-order valence-electron chi connectivity index (χ1n) is 6.64. The van der Waals surface area contributed by atoms with Gasteiger partial charge in [0, 0.05) is 12.1 Å². The van der Waals surface area contributed by atoms with Gasteiger partial charge in [0.2, 0.25) is 0 Å². The zero-order valence-corrected chi connectivity index (χ0v) is 10.7. The topological polar surface area (TPSA) is 12.0 Å². The smallest absolute Gasteiger partial charge is 0.123 e. The summed E-state index contributed by atoms with van der Waals surface area (Å²) in [7, 11) is 0. The molecular weight excluding hydrogens is 213 g/mol. The van der Waals surface area contributed by atoms with Crippen LogP contribution in [0.4, 0.5) is 4.39 Å². The highest BCUT2D eigenvalue weighted by Gasteiger charge is 2.23. The molecule has 1 fully saturated rings. The van der Waals surface area contributed by atoms with Gasteiger partial charge >= 0.3 is 0 Å². The number of halogens is 1. The Bertz CT molecular complexity index is 342. The molecule has 0 aliphatic heterocycles. The van der Waals surface area contributed by atoms with Crippen molar-refractivity contribution >= 4 is 0 Å². The highest BCUT2D eigenvalue weighted by molar-refractivity contribution is 5.17. The molecule has 94 valence electrons. The lowest BCUT2D eigenvalue weighted by Gasteiger charge is -2.20. The molecule has 17 heavy (non-hydrogen) atoms. The lowest BCUT2D eigenvalue weighted by Crippen LogP contribution is -2.36. The van der Waals surface area contributed by atoms with Crippen LogP contribution in [-0.2, 0) is 6.42 Å². The monoisotopic (exact) mass is 235 g/mol. The van der Waals surface area contributed by atoms with Crippen LogP contribution in [0.25, 0.3) is 0 Å². The Morgan fingerprint density at radius 3 is 2.41 bits per heavy atom. The summed E-state index contributed by atoms with van der Waals surface area (Å²) < 4.78 is 12.8. The molecule has 2 rings (SSSR count). The van der Waals surface area contributed by atoms with Crippen LogP contribution >= 0.6 is 0 Å². The van der Waals surface area contributed by atoms with E-state index < -0.39 is 0 Å². The van der Waals surface area contributed by atoms with E-state index in [1.807, 2.05) is 12.1 Å². The number of benzene rings is 1. The Kier molecular flexibility index (Phi) is 4.16. The van der Waals surface area contributed by atoms with Crippen LogP contribution in [-0.4, -0.2) is 12.1 Å². The van der Waals surface area contributed by atoms with Crippen LogP contribution in [0, 0.1) is 11.7 Å². The maximum Gasteiger partial charge on any atom is 0.123 e. The first-order valence-corrected chi connectivity index (χ1v) is 6.64. The van der Waals surface area contributed by atoms with Gasteiger partial charge in [0.05, 0.1) is 0 Å². The molecule has 1 N–H and O–H groups in total. The second kappa shape index (κ2) is 5.63. The fourth-order valence-corrected chi connectivity index (χ4v) is 2.44. The minimum atomic E-state index is -0.156. The van der Waals surface area contributed by atoms with E-state index in [9.17, 15) is 4.39 Å². The van der Waals surface area contributed by atoms with Gasteiger partial charge in [-0.3, -0.25) is 0 Å². The standard InChI is InChI=1S/C15H22FN/c1-11(9-13-3-4-13)17-12(2)10-14-5-7-15(16)8-6-14/h5-8,11-13,17H,3-4,9-10H2,1-2H3. The fraction of sp³-hybridized carbons (Fsp3) is 0.600. The molecule has 1 saturated carbocycles. The van der Waals surface area contributed by atoms with Crippen LogP contribution in [0.2, 0.25) is 0 Å². The van der Waals surface area contributed by atoms with E-state index in [-0.39, 0.29) is 5.82 Å². The largest absolute Gasteiger partial charge is 0.311 e. The van der Waals surface area contributed by atoms with Gasteiger partial charge < -0.3 is 5.32 Å². The third-order valence-electron chi connectivity index (χ3n) is 3.41. The van der Waals surface area contributed by atoms with Crippen LogP contribution in [0.3, 0.4) is 0 Å². The summed E-state index contributed by atoms with van der Waals surface area (Å²) in [6.07, 6.45) is 5.10. The van der Waals surface area contributed by atoms with Gasteiger partial charge in [-0.05, 0) is 50.3 Å². The normalized spacial score (nSPS) is 19.0. The summed E-state index contributed by atoms with van der Waals surface area (Å²) in [5.41, 5.74) is 1.20. The molecule has 0 radical (unpaired) electrons. The minimum Gasteiger partial charge on any atom is -0.311 e. The molecule has 0 aromatic heterocycles. The molecule has 1 nitrogen and oxygen atoms in total. The quantitative estimate of drug-likeness (QED) is 0.795. The molecule has 0 amide bonds. The lowest BCUT2D eigenvalue weighted by atomic mass is 10.1. The molecule has 0 spiro atoms. The third kappa shape index (κ3) is 4.47. The number of hydrogen-bond donors (Lipinski definition) is 1. The molecule has 0 heterocycles. The Hall–Kier alpha value is -0.890. The van der Waals surface area contributed by atoms with Crippen molar-refractivity contribution in [1.82, 2.24) is 5.32 Å². The Labute approximate surface area is 103 Å². The van der Waals surface area contributed by atoms with E-state index in [2.05, 4.69) is 19.2 Å². The zero-order valence-electron chi connectivity index (χ0n) is 10.7. The number of hydrogen-bond acceptors (Lipinski definition) is 1. The van der Waals surface area contributed by atoms with Gasteiger partial charge in [0.15, 0.2) is 0 Å².